The second kappa shape index (κ2) is 3.05. The monoisotopic (exact) mass is 190 g/mol. The summed E-state index contributed by atoms with van der Waals surface area (Å²) in [6.45, 7) is 0. The lowest BCUT2D eigenvalue weighted by Crippen LogP contribution is -1.79. The van der Waals surface area contributed by atoms with Gasteiger partial charge in [-0.1, -0.05) is 0 Å². The molecule has 0 aliphatic carbocycles. The van der Waals surface area contributed by atoms with Crippen molar-refractivity contribution in [2.75, 3.05) is 0 Å². The summed E-state index contributed by atoms with van der Waals surface area (Å²) in [5, 5.41) is 20.5. The van der Waals surface area contributed by atoms with Gasteiger partial charge in [0.25, 0.3) is 0 Å². The molecule has 52 valence electrons. The van der Waals surface area contributed by atoms with E-state index in [1.54, 1.807) is 0 Å². The molecule has 0 aliphatic rings. The Morgan fingerprint density at radius 3 is 3.00 bits per heavy atom. The summed E-state index contributed by atoms with van der Waals surface area (Å²) in [5.41, 5.74) is 0. The Hall–Kier alpha value is -0.510. The fraction of sp³-hybridized carbons (Fsp3) is 0. The highest BCUT2D eigenvalue weighted by atomic mass is 32.2. The lowest BCUT2D eigenvalue weighted by Gasteiger charge is -1.91. The summed E-state index contributed by atoms with van der Waals surface area (Å²) in [6, 6.07) is 0. The van der Waals surface area contributed by atoms with Crippen LogP contribution in [0.1, 0.15) is 0 Å². The first-order valence-electron chi connectivity index (χ1n) is 2.21. The predicted octanol–water partition coefficient (Wildman–Crippen LogP) is 1.96. The lowest BCUT2D eigenvalue weighted by molar-refractivity contribution is 0.451. The van der Waals surface area contributed by atoms with Gasteiger partial charge in [0.1, 0.15) is 0 Å². The average Bonchev–Trinajstić information content (AvgIpc) is 2.20. The molecule has 0 saturated carbocycles. The Kier molecular flexibility index (Phi) is 2.32. The first-order chi connectivity index (χ1) is 4.75. The van der Waals surface area contributed by atoms with E-state index < -0.39 is 0 Å². The molecule has 0 saturated heterocycles. The highest BCUT2D eigenvalue weighted by Gasteiger charge is 2.00. The van der Waals surface area contributed by atoms with E-state index in [0.29, 0.717) is 3.95 Å². The van der Waals surface area contributed by atoms with Gasteiger partial charge < -0.3 is 5.11 Å². The molecule has 0 bridgehead atoms. The summed E-state index contributed by atoms with van der Waals surface area (Å²) in [7, 11) is 0. The average molecular weight is 190 g/mol. The largest absolute Gasteiger partial charge is 0.493 e. The molecular formula is C4H2N2OS3. The van der Waals surface area contributed by atoms with Crippen molar-refractivity contribution in [3.8, 4) is 11.3 Å². The third-order valence-corrected chi connectivity index (χ3v) is 2.82. The van der Waals surface area contributed by atoms with Crippen LogP contribution in [0.3, 0.4) is 0 Å². The molecule has 0 fully saturated rings. The van der Waals surface area contributed by atoms with Gasteiger partial charge in [-0.2, -0.15) is 5.26 Å². The number of aromatic hydroxyl groups is 1. The van der Waals surface area contributed by atoms with Gasteiger partial charge in [0.05, 0.1) is 17.3 Å². The van der Waals surface area contributed by atoms with Crippen molar-refractivity contribution in [3.05, 3.63) is 9.33 Å². The van der Waals surface area contributed by atoms with Crippen molar-refractivity contribution in [2.45, 2.75) is 0 Å². The lowest BCUT2D eigenvalue weighted by atomic mass is 10.9. The van der Waals surface area contributed by atoms with E-state index in [4.69, 9.17) is 22.6 Å². The molecule has 0 unspecified atom stereocenters. The Balaban J connectivity index is 3.13. The van der Waals surface area contributed by atoms with Crippen LogP contribution >= 0.6 is 35.5 Å². The van der Waals surface area contributed by atoms with Crippen molar-refractivity contribution in [2.24, 2.45) is 0 Å². The van der Waals surface area contributed by atoms with Crippen LogP contribution in [0, 0.1) is 14.6 Å². The predicted molar refractivity (Wildman–Crippen MR) is 43.4 cm³/mol. The standard InChI is InChI=1S/C4H2N2OS3/c5-2-10-6-3(7)1-9-4(6)8/h1,7H. The molecule has 6 heteroatoms. The molecule has 1 aromatic rings. The van der Waals surface area contributed by atoms with E-state index in [-0.39, 0.29) is 5.88 Å². The number of hydrogen-bond donors (Lipinski definition) is 1. The Bertz CT molecular complexity index is 320. The molecule has 1 rings (SSSR count). The second-order valence-electron chi connectivity index (χ2n) is 1.34. The SMILES string of the molecule is N#CSn1c(O)csc1=S. The van der Waals surface area contributed by atoms with Crippen LogP contribution in [0.15, 0.2) is 5.38 Å². The number of nitrogens with zero attached hydrogens (tertiary/aromatic N) is 2. The van der Waals surface area contributed by atoms with Gasteiger partial charge in [-0.05, 0) is 12.2 Å². The molecular weight excluding hydrogens is 188 g/mol. The van der Waals surface area contributed by atoms with E-state index in [1.807, 2.05) is 5.40 Å². The minimum absolute atomic E-state index is 0.0292. The highest BCUT2D eigenvalue weighted by Crippen LogP contribution is 2.22. The molecule has 1 aromatic heterocycles. The number of thiocyanates is 1. The van der Waals surface area contributed by atoms with E-state index in [1.165, 1.54) is 20.7 Å². The summed E-state index contributed by atoms with van der Waals surface area (Å²) in [4.78, 5) is 0. The van der Waals surface area contributed by atoms with Crippen molar-refractivity contribution in [3.63, 3.8) is 0 Å². The minimum atomic E-state index is 0.0292. The Morgan fingerprint density at radius 2 is 2.60 bits per heavy atom. The van der Waals surface area contributed by atoms with Gasteiger partial charge >= 0.3 is 0 Å². The van der Waals surface area contributed by atoms with Crippen LogP contribution in [0.25, 0.3) is 0 Å². The van der Waals surface area contributed by atoms with Gasteiger partial charge in [-0.3, -0.25) is 0 Å². The van der Waals surface area contributed by atoms with Gasteiger partial charge in [-0.25, -0.2) is 3.97 Å². The Labute approximate surface area is 70.7 Å². The van der Waals surface area contributed by atoms with E-state index in [2.05, 4.69) is 0 Å². The fourth-order valence-corrected chi connectivity index (χ4v) is 1.88. The third kappa shape index (κ3) is 1.31. The van der Waals surface area contributed by atoms with Crippen LogP contribution < -0.4 is 0 Å². The van der Waals surface area contributed by atoms with Crippen LogP contribution in [0.4, 0.5) is 0 Å². The number of nitriles is 1. The molecule has 0 spiro atoms. The van der Waals surface area contributed by atoms with Crippen LogP contribution in [0.5, 0.6) is 5.88 Å². The zero-order chi connectivity index (χ0) is 7.56. The quantitative estimate of drug-likeness (QED) is 0.543. The smallest absolute Gasteiger partial charge is 0.214 e. The molecule has 1 N–H and O–H groups in total. The normalized spacial score (nSPS) is 9.10. The highest BCUT2D eigenvalue weighted by molar-refractivity contribution is 8.02. The van der Waals surface area contributed by atoms with Crippen LogP contribution in [0.2, 0.25) is 0 Å². The van der Waals surface area contributed by atoms with Gasteiger partial charge in [0.2, 0.25) is 5.88 Å². The summed E-state index contributed by atoms with van der Waals surface area (Å²) in [5.74, 6) is 0.0292. The molecule has 0 radical (unpaired) electrons. The number of hydrogen-bond acceptors (Lipinski definition) is 5. The van der Waals surface area contributed by atoms with E-state index in [0.717, 1.165) is 11.9 Å². The molecule has 0 atom stereocenters. The van der Waals surface area contributed by atoms with Gasteiger partial charge in [-0.15, -0.1) is 11.3 Å². The first-order valence-corrected chi connectivity index (χ1v) is 4.28. The topological polar surface area (TPSA) is 49.0 Å². The maximum Gasteiger partial charge on any atom is 0.214 e. The van der Waals surface area contributed by atoms with Crippen molar-refractivity contribution in [1.29, 1.82) is 5.26 Å². The van der Waals surface area contributed by atoms with E-state index in [9.17, 15) is 0 Å². The van der Waals surface area contributed by atoms with Crippen molar-refractivity contribution >= 4 is 35.5 Å². The molecule has 0 aromatic carbocycles. The molecule has 10 heavy (non-hydrogen) atoms. The van der Waals surface area contributed by atoms with Crippen molar-refractivity contribution in [1.82, 2.24) is 3.97 Å². The number of thiazole rings is 1. The maximum atomic E-state index is 9.00. The fourth-order valence-electron chi connectivity index (χ4n) is 0.417. The van der Waals surface area contributed by atoms with Gasteiger partial charge in [0.15, 0.2) is 9.36 Å². The number of rotatable bonds is 1. The molecule has 1 heterocycles. The summed E-state index contributed by atoms with van der Waals surface area (Å²) >= 11 is 6.83. The molecule has 0 amide bonds. The third-order valence-electron chi connectivity index (χ3n) is 0.771. The minimum Gasteiger partial charge on any atom is -0.493 e. The summed E-state index contributed by atoms with van der Waals surface area (Å²) in [6.07, 6.45) is 0. The van der Waals surface area contributed by atoms with E-state index >= 15 is 0 Å². The van der Waals surface area contributed by atoms with Gasteiger partial charge in [0, 0.05) is 0 Å². The summed E-state index contributed by atoms with van der Waals surface area (Å²) < 4.78 is 1.78. The van der Waals surface area contributed by atoms with Crippen LogP contribution in [-0.2, 0) is 0 Å². The van der Waals surface area contributed by atoms with Crippen molar-refractivity contribution < 1.29 is 5.11 Å². The maximum absolute atomic E-state index is 9.00. The first kappa shape index (κ1) is 7.60. The zero-order valence-electron chi connectivity index (χ0n) is 4.64. The zero-order valence-corrected chi connectivity index (χ0v) is 7.09. The molecule has 0 aliphatic heterocycles. The van der Waals surface area contributed by atoms with Crippen LogP contribution in [-0.4, -0.2) is 9.08 Å². The molecule has 3 nitrogen and oxygen atoms in total. The second-order valence-corrected chi connectivity index (χ2v) is 3.57. The number of aromatic nitrogens is 1. The Morgan fingerprint density at radius 1 is 1.90 bits per heavy atom.